The topological polar surface area (TPSA) is 84.9 Å². The van der Waals surface area contributed by atoms with Gasteiger partial charge in [-0.15, -0.1) is 11.3 Å². The van der Waals surface area contributed by atoms with Crippen molar-refractivity contribution in [3.05, 3.63) is 48.0 Å². The van der Waals surface area contributed by atoms with Gasteiger partial charge in [-0.3, -0.25) is 0 Å². The Balaban J connectivity index is 1.64. The molecule has 1 aliphatic heterocycles. The summed E-state index contributed by atoms with van der Waals surface area (Å²) >= 11 is 1.20. The zero-order valence-electron chi connectivity index (χ0n) is 18.9. The molecule has 4 rings (SSSR count). The normalized spacial score (nSPS) is 26.1. The lowest BCUT2D eigenvalue weighted by atomic mass is 9.93. The number of carbonyl (C=O) groups excluding carboxylic acids is 1. The Morgan fingerprint density at radius 1 is 1.12 bits per heavy atom. The molecule has 0 spiro atoms. The van der Waals surface area contributed by atoms with E-state index in [0.29, 0.717) is 19.6 Å². The molecule has 2 aliphatic rings. The summed E-state index contributed by atoms with van der Waals surface area (Å²) in [5, 5.41) is 0.876. The van der Waals surface area contributed by atoms with E-state index < -0.39 is 32.5 Å². The van der Waals surface area contributed by atoms with Crippen molar-refractivity contribution in [3.8, 4) is 0 Å². The number of rotatable bonds is 6. The van der Waals surface area contributed by atoms with Crippen LogP contribution < -0.4 is 9.62 Å². The molecule has 1 aromatic heterocycles. The number of nitrogens with zero attached hydrogens (tertiary/aromatic N) is 1. The fourth-order valence-corrected chi connectivity index (χ4v) is 6.98. The van der Waals surface area contributed by atoms with Crippen LogP contribution in [-0.2, 0) is 29.7 Å². The third-order valence-electron chi connectivity index (χ3n) is 6.06. The van der Waals surface area contributed by atoms with Crippen molar-refractivity contribution in [2.75, 3.05) is 31.2 Å². The number of anilines is 1. The zero-order chi connectivity index (χ0) is 23.2. The second kappa shape index (κ2) is 8.13. The number of nitrogens with one attached hydrogen (secondary N) is 1. The first-order valence-electron chi connectivity index (χ1n) is 10.7. The molecule has 0 radical (unpaired) electrons. The van der Waals surface area contributed by atoms with Crippen molar-refractivity contribution < 1.29 is 22.7 Å². The lowest BCUT2D eigenvalue weighted by molar-refractivity contribution is -0.158. The third kappa shape index (κ3) is 4.31. The Hall–Kier alpha value is -1.94. The largest absolute Gasteiger partial charge is 0.459 e. The van der Waals surface area contributed by atoms with Gasteiger partial charge >= 0.3 is 5.97 Å². The van der Waals surface area contributed by atoms with Gasteiger partial charge in [-0.1, -0.05) is 37.3 Å². The van der Waals surface area contributed by atoms with Gasteiger partial charge < -0.3 is 14.4 Å². The Bertz CT molecular complexity index is 1090. The van der Waals surface area contributed by atoms with E-state index in [0.717, 1.165) is 23.7 Å². The number of carbonyl (C=O) groups is 1. The minimum atomic E-state index is -3.94. The number of hydrogen-bond acceptors (Lipinski definition) is 7. The van der Waals surface area contributed by atoms with Crippen molar-refractivity contribution in [1.29, 1.82) is 0 Å². The lowest BCUT2D eigenvalue weighted by Crippen LogP contribution is -2.50. The SMILES string of the molecule is CC(C)(C)OC(=O)[C@@]1(NS(=O)(=O)c2ccc(N3CCOCC3)s2)C[C@@]1(C)c1ccccc1. The summed E-state index contributed by atoms with van der Waals surface area (Å²) in [6, 6.07) is 12.9. The van der Waals surface area contributed by atoms with E-state index in [4.69, 9.17) is 9.47 Å². The summed E-state index contributed by atoms with van der Waals surface area (Å²) in [5.74, 6) is -0.551. The average Bonchev–Trinajstić information content (AvgIpc) is 3.11. The van der Waals surface area contributed by atoms with Gasteiger partial charge in [0.15, 0.2) is 0 Å². The molecule has 1 aromatic carbocycles. The highest BCUT2D eigenvalue weighted by molar-refractivity contribution is 7.91. The summed E-state index contributed by atoms with van der Waals surface area (Å²) in [5.41, 5.74) is -1.89. The number of esters is 1. The second-order valence-corrected chi connectivity index (χ2v) is 12.6. The quantitative estimate of drug-likeness (QED) is 0.642. The molecule has 0 amide bonds. The fraction of sp³-hybridized carbons (Fsp3) is 0.522. The van der Waals surface area contributed by atoms with Crippen molar-refractivity contribution in [2.24, 2.45) is 0 Å². The molecule has 1 N–H and O–H groups in total. The number of sulfonamides is 1. The van der Waals surface area contributed by atoms with Gasteiger partial charge in [0, 0.05) is 18.5 Å². The third-order valence-corrected chi connectivity index (χ3v) is 9.19. The minimum Gasteiger partial charge on any atom is -0.459 e. The number of morpholine rings is 1. The van der Waals surface area contributed by atoms with Gasteiger partial charge in [0.05, 0.1) is 18.2 Å². The number of hydrogen-bond donors (Lipinski definition) is 1. The molecule has 7 nitrogen and oxygen atoms in total. The highest BCUT2D eigenvalue weighted by Gasteiger charge is 2.73. The van der Waals surface area contributed by atoms with E-state index in [1.165, 1.54) is 11.3 Å². The molecule has 32 heavy (non-hydrogen) atoms. The molecule has 1 saturated carbocycles. The molecule has 0 bridgehead atoms. The van der Waals surface area contributed by atoms with Crippen molar-refractivity contribution in [3.63, 3.8) is 0 Å². The van der Waals surface area contributed by atoms with Crippen LogP contribution in [0.1, 0.15) is 39.7 Å². The molecule has 1 saturated heterocycles. The summed E-state index contributed by atoms with van der Waals surface area (Å²) < 4.78 is 40.8. The molecule has 2 aromatic rings. The van der Waals surface area contributed by atoms with Crippen LogP contribution in [0.25, 0.3) is 0 Å². The van der Waals surface area contributed by atoms with E-state index in [9.17, 15) is 13.2 Å². The van der Waals surface area contributed by atoms with Crippen LogP contribution in [0.3, 0.4) is 0 Å². The summed E-state index contributed by atoms with van der Waals surface area (Å²) in [6.07, 6.45) is 0.333. The zero-order valence-corrected chi connectivity index (χ0v) is 20.5. The van der Waals surface area contributed by atoms with Crippen molar-refractivity contribution in [1.82, 2.24) is 4.72 Å². The maximum atomic E-state index is 13.4. The smallest absolute Gasteiger partial charge is 0.328 e. The Labute approximate surface area is 193 Å². The summed E-state index contributed by atoms with van der Waals surface area (Å²) in [6.45, 7) is 9.94. The van der Waals surface area contributed by atoms with Crippen LogP contribution >= 0.6 is 11.3 Å². The molecule has 2 heterocycles. The first kappa shape index (κ1) is 23.2. The fourth-order valence-electron chi connectivity index (χ4n) is 4.18. The minimum absolute atomic E-state index is 0.184. The monoisotopic (exact) mass is 478 g/mol. The van der Waals surface area contributed by atoms with Gasteiger partial charge in [-0.2, -0.15) is 4.72 Å². The highest BCUT2D eigenvalue weighted by Crippen LogP contribution is 2.59. The van der Waals surface area contributed by atoms with E-state index in [2.05, 4.69) is 9.62 Å². The maximum absolute atomic E-state index is 13.4. The first-order chi connectivity index (χ1) is 15.0. The number of ether oxygens (including phenoxy) is 2. The molecular weight excluding hydrogens is 448 g/mol. The molecule has 2 atom stereocenters. The highest BCUT2D eigenvalue weighted by atomic mass is 32.2. The number of thiophene rings is 1. The van der Waals surface area contributed by atoms with Crippen LogP contribution in [0.4, 0.5) is 5.00 Å². The van der Waals surface area contributed by atoms with E-state index >= 15 is 0 Å². The van der Waals surface area contributed by atoms with Crippen molar-refractivity contribution >= 4 is 32.3 Å². The number of benzene rings is 1. The molecule has 9 heteroatoms. The predicted octanol–water partition coefficient (Wildman–Crippen LogP) is 3.31. The molecular formula is C23H30N2O5S2. The molecule has 2 fully saturated rings. The first-order valence-corrected chi connectivity index (χ1v) is 13.0. The second-order valence-electron chi connectivity index (χ2n) is 9.58. The Kier molecular flexibility index (Phi) is 5.90. The van der Waals surface area contributed by atoms with Crippen LogP contribution in [0.5, 0.6) is 0 Å². The van der Waals surface area contributed by atoms with Gasteiger partial charge in [0.25, 0.3) is 10.0 Å². The van der Waals surface area contributed by atoms with E-state index in [1.807, 2.05) is 43.3 Å². The lowest BCUT2D eigenvalue weighted by Gasteiger charge is -2.28. The predicted molar refractivity (Wildman–Crippen MR) is 125 cm³/mol. The Morgan fingerprint density at radius 3 is 2.41 bits per heavy atom. The van der Waals surface area contributed by atoms with Gasteiger partial charge in [0.2, 0.25) is 0 Å². The van der Waals surface area contributed by atoms with Crippen LogP contribution in [0.15, 0.2) is 46.7 Å². The van der Waals surface area contributed by atoms with Crippen LogP contribution in [0, 0.1) is 0 Å². The molecule has 0 unspecified atom stereocenters. The molecule has 1 aliphatic carbocycles. The van der Waals surface area contributed by atoms with Gasteiger partial charge in [0.1, 0.15) is 15.3 Å². The van der Waals surface area contributed by atoms with Gasteiger partial charge in [-0.05, 0) is 44.9 Å². The van der Waals surface area contributed by atoms with Crippen LogP contribution in [0.2, 0.25) is 0 Å². The maximum Gasteiger partial charge on any atom is 0.328 e. The standard InChI is InChI=1S/C23H30N2O5S2/c1-21(2,3)30-20(26)23(16-22(23,4)17-8-6-5-7-9-17)24-32(27,28)19-11-10-18(31-19)25-12-14-29-15-13-25/h5-11,24H,12-16H2,1-4H3/t22-,23-/m0/s1. The summed E-state index contributed by atoms with van der Waals surface area (Å²) in [7, 11) is -3.94. The van der Waals surface area contributed by atoms with Gasteiger partial charge in [-0.25, -0.2) is 13.2 Å². The van der Waals surface area contributed by atoms with E-state index in [-0.39, 0.29) is 4.21 Å². The van der Waals surface area contributed by atoms with Crippen LogP contribution in [-0.4, -0.2) is 51.8 Å². The van der Waals surface area contributed by atoms with E-state index in [1.54, 1.807) is 26.8 Å². The molecule has 174 valence electrons. The summed E-state index contributed by atoms with van der Waals surface area (Å²) in [4.78, 5) is 15.4. The Morgan fingerprint density at radius 2 is 1.78 bits per heavy atom. The average molecular weight is 479 g/mol. The van der Waals surface area contributed by atoms with Crippen molar-refractivity contribution in [2.45, 2.75) is 54.9 Å².